The van der Waals surface area contributed by atoms with Crippen LogP contribution in [0.25, 0.3) is 22.4 Å². The second-order valence-electron chi connectivity index (χ2n) is 6.79. The molecule has 0 bridgehead atoms. The van der Waals surface area contributed by atoms with Gasteiger partial charge in [-0.3, -0.25) is 0 Å². The van der Waals surface area contributed by atoms with Crippen molar-refractivity contribution < 1.29 is 0 Å². The first kappa shape index (κ1) is 16.0. The second-order valence-corrected chi connectivity index (χ2v) is 6.79. The number of hydrogen-bond donors (Lipinski definition) is 1. The summed E-state index contributed by atoms with van der Waals surface area (Å²) >= 11 is 0. The Balaban J connectivity index is 2.15. The molecule has 0 aliphatic rings. The van der Waals surface area contributed by atoms with E-state index < -0.39 is 0 Å². The molecule has 0 aliphatic carbocycles. The van der Waals surface area contributed by atoms with Gasteiger partial charge in [-0.2, -0.15) is 0 Å². The molecule has 2 nitrogen and oxygen atoms in total. The molecule has 3 rings (SSSR count). The largest absolute Gasteiger partial charge is 0.338 e. The Morgan fingerprint density at radius 3 is 1.96 bits per heavy atom. The SMILES string of the molecule is [B]c1c([B])c([B])c2[nH]c(-c3ccc(C(C)(C)C)cc3)nc2c1[B]. The highest BCUT2D eigenvalue weighted by Crippen LogP contribution is 2.25. The van der Waals surface area contributed by atoms with Crippen molar-refractivity contribution in [1.82, 2.24) is 9.97 Å². The number of aromatic amines is 1. The number of fused-ring (bicyclic) bond motifs is 1. The zero-order chi connectivity index (χ0) is 16.9. The van der Waals surface area contributed by atoms with Gasteiger partial charge in [0.1, 0.15) is 37.2 Å². The minimum absolute atomic E-state index is 0.101. The standard InChI is InChI=1S/C17H14B4N2/c1-17(2,3)9-6-4-8(5-7-9)16-22-14-12(20)10(18)11(19)13(21)15(14)23-16/h4-7H,1-3H3,(H,22,23). The normalized spacial score (nSPS) is 12.0. The third-order valence-corrected chi connectivity index (χ3v) is 4.12. The van der Waals surface area contributed by atoms with Crippen LogP contribution in [0.2, 0.25) is 0 Å². The predicted molar refractivity (Wildman–Crippen MR) is 102 cm³/mol. The molecule has 0 spiro atoms. The van der Waals surface area contributed by atoms with Crippen LogP contribution in [-0.2, 0) is 5.41 Å². The lowest BCUT2D eigenvalue weighted by molar-refractivity contribution is 0.590. The minimum atomic E-state index is 0.101. The lowest BCUT2D eigenvalue weighted by atomic mass is 9.66. The van der Waals surface area contributed by atoms with E-state index in [1.54, 1.807) is 0 Å². The highest BCUT2D eigenvalue weighted by Gasteiger charge is 2.15. The first-order valence-electron chi connectivity index (χ1n) is 7.42. The third kappa shape index (κ3) is 2.65. The zero-order valence-corrected chi connectivity index (χ0v) is 13.6. The van der Waals surface area contributed by atoms with Crippen molar-refractivity contribution in [3.05, 3.63) is 29.8 Å². The monoisotopic (exact) mass is 290 g/mol. The number of rotatable bonds is 1. The summed E-state index contributed by atoms with van der Waals surface area (Å²) < 4.78 is 0. The fraction of sp³-hybridized carbons (Fsp3) is 0.235. The Kier molecular flexibility index (Phi) is 3.74. The van der Waals surface area contributed by atoms with E-state index in [0.717, 1.165) is 5.56 Å². The van der Waals surface area contributed by atoms with E-state index in [-0.39, 0.29) is 16.3 Å². The molecule has 3 aromatic rings. The van der Waals surface area contributed by atoms with Gasteiger partial charge >= 0.3 is 0 Å². The van der Waals surface area contributed by atoms with Gasteiger partial charge in [-0.25, -0.2) is 4.98 Å². The number of aromatic nitrogens is 2. The summed E-state index contributed by atoms with van der Waals surface area (Å²) in [6, 6.07) is 8.24. The predicted octanol–water partition coefficient (Wildman–Crippen LogP) is -0.297. The van der Waals surface area contributed by atoms with E-state index in [4.69, 9.17) is 31.4 Å². The van der Waals surface area contributed by atoms with E-state index in [1.165, 1.54) is 5.56 Å². The van der Waals surface area contributed by atoms with Gasteiger partial charge in [-0.15, -0.1) is 10.9 Å². The van der Waals surface area contributed by atoms with Crippen LogP contribution in [0, 0.1) is 0 Å². The van der Waals surface area contributed by atoms with Gasteiger partial charge < -0.3 is 4.98 Å². The summed E-state index contributed by atoms with van der Waals surface area (Å²) in [6.07, 6.45) is 0. The van der Waals surface area contributed by atoms with Crippen LogP contribution in [0.15, 0.2) is 24.3 Å². The van der Waals surface area contributed by atoms with Crippen molar-refractivity contribution in [3.8, 4) is 11.4 Å². The number of H-pyrrole nitrogens is 1. The Labute approximate surface area is 142 Å². The van der Waals surface area contributed by atoms with E-state index in [0.29, 0.717) is 27.8 Å². The maximum atomic E-state index is 6.03. The Hall–Kier alpha value is -1.83. The molecule has 0 saturated heterocycles. The van der Waals surface area contributed by atoms with Crippen molar-refractivity contribution in [2.24, 2.45) is 0 Å². The quantitative estimate of drug-likeness (QED) is 0.613. The molecule has 0 amide bonds. The molecule has 0 atom stereocenters. The van der Waals surface area contributed by atoms with E-state index in [2.05, 4.69) is 42.9 Å². The summed E-state index contributed by atoms with van der Waals surface area (Å²) in [4.78, 5) is 7.74. The van der Waals surface area contributed by atoms with E-state index in [9.17, 15) is 0 Å². The second kappa shape index (κ2) is 5.36. The maximum Gasteiger partial charge on any atom is 0.138 e. The van der Waals surface area contributed by atoms with Crippen LogP contribution in [0.3, 0.4) is 0 Å². The van der Waals surface area contributed by atoms with E-state index >= 15 is 0 Å². The number of nitrogens with zero attached hydrogens (tertiary/aromatic N) is 1. The lowest BCUT2D eigenvalue weighted by Crippen LogP contribution is -2.47. The lowest BCUT2D eigenvalue weighted by Gasteiger charge is -2.18. The van der Waals surface area contributed by atoms with Gasteiger partial charge in [0.25, 0.3) is 0 Å². The molecule has 0 saturated carbocycles. The minimum Gasteiger partial charge on any atom is -0.338 e. The smallest absolute Gasteiger partial charge is 0.138 e. The van der Waals surface area contributed by atoms with Gasteiger partial charge in [0.05, 0.1) is 11.0 Å². The van der Waals surface area contributed by atoms with E-state index in [1.807, 2.05) is 12.1 Å². The molecule has 8 radical (unpaired) electrons. The molecule has 1 aromatic heterocycles. The zero-order valence-electron chi connectivity index (χ0n) is 13.6. The Morgan fingerprint density at radius 1 is 0.826 bits per heavy atom. The first-order chi connectivity index (χ1) is 10.7. The van der Waals surface area contributed by atoms with Gasteiger partial charge in [-0.05, 0) is 11.0 Å². The molecule has 6 heteroatoms. The summed E-state index contributed by atoms with van der Waals surface area (Å²) in [5, 5.41) is 0. The third-order valence-electron chi connectivity index (χ3n) is 4.12. The van der Waals surface area contributed by atoms with Crippen LogP contribution in [-0.4, -0.2) is 41.4 Å². The Bertz CT molecular complexity index is 845. The van der Waals surface area contributed by atoms with Crippen LogP contribution >= 0.6 is 0 Å². The van der Waals surface area contributed by atoms with Gasteiger partial charge in [0, 0.05) is 5.56 Å². The molecule has 0 fully saturated rings. The number of hydrogen-bond acceptors (Lipinski definition) is 1. The highest BCUT2D eigenvalue weighted by atomic mass is 14.9. The van der Waals surface area contributed by atoms with Gasteiger partial charge in [0.15, 0.2) is 0 Å². The molecule has 0 aliphatic heterocycles. The number of imidazole rings is 1. The molecule has 23 heavy (non-hydrogen) atoms. The topological polar surface area (TPSA) is 28.7 Å². The Morgan fingerprint density at radius 2 is 1.39 bits per heavy atom. The summed E-state index contributed by atoms with van der Waals surface area (Å²) in [5.74, 6) is 0.684. The van der Waals surface area contributed by atoms with Crippen molar-refractivity contribution >= 4 is 64.3 Å². The van der Waals surface area contributed by atoms with Gasteiger partial charge in [0.2, 0.25) is 0 Å². The number of nitrogens with one attached hydrogen (secondary N) is 1. The molecule has 0 unspecified atom stereocenters. The molecular weight excluding hydrogens is 275 g/mol. The summed E-state index contributed by atoms with van der Waals surface area (Å²) in [6.45, 7) is 6.53. The van der Waals surface area contributed by atoms with Crippen molar-refractivity contribution in [2.45, 2.75) is 26.2 Å². The molecular formula is C17H14B4N2. The maximum absolute atomic E-state index is 6.03. The molecule has 1 N–H and O–H groups in total. The van der Waals surface area contributed by atoms with Gasteiger partial charge in [-0.1, -0.05) is 56.0 Å². The molecule has 2 aromatic carbocycles. The number of benzene rings is 2. The highest BCUT2D eigenvalue weighted by molar-refractivity contribution is 6.66. The average molecular weight is 290 g/mol. The van der Waals surface area contributed by atoms with Crippen molar-refractivity contribution in [1.29, 1.82) is 0 Å². The van der Waals surface area contributed by atoms with Crippen LogP contribution in [0.5, 0.6) is 0 Å². The average Bonchev–Trinajstić information content (AvgIpc) is 2.95. The first-order valence-corrected chi connectivity index (χ1v) is 7.42. The van der Waals surface area contributed by atoms with Crippen LogP contribution in [0.4, 0.5) is 0 Å². The molecule has 104 valence electrons. The summed E-state index contributed by atoms with van der Waals surface area (Å²) in [5.41, 5.74) is 4.74. The van der Waals surface area contributed by atoms with Crippen LogP contribution in [0.1, 0.15) is 26.3 Å². The fourth-order valence-corrected chi connectivity index (χ4v) is 2.58. The van der Waals surface area contributed by atoms with Crippen molar-refractivity contribution in [2.75, 3.05) is 0 Å². The molecule has 1 heterocycles. The summed E-state index contributed by atoms with van der Waals surface area (Å²) in [7, 11) is 23.8. The van der Waals surface area contributed by atoms with Crippen molar-refractivity contribution in [3.63, 3.8) is 0 Å². The fourth-order valence-electron chi connectivity index (χ4n) is 2.58. The van der Waals surface area contributed by atoms with Crippen LogP contribution < -0.4 is 21.9 Å².